The van der Waals surface area contributed by atoms with E-state index in [1.165, 1.54) is 6.07 Å². The Morgan fingerprint density at radius 3 is 2.78 bits per heavy atom. The van der Waals surface area contributed by atoms with Gasteiger partial charge in [-0.3, -0.25) is 9.48 Å². The molecule has 1 aromatic heterocycles. The molecule has 1 amide bonds. The summed E-state index contributed by atoms with van der Waals surface area (Å²) in [5.41, 5.74) is 1.73. The van der Waals surface area contributed by atoms with E-state index in [0.717, 1.165) is 30.2 Å². The second-order valence-electron chi connectivity index (χ2n) is 6.47. The number of amides is 1. The fraction of sp³-hybridized carbons (Fsp3) is 0.444. The number of nitrogens with zero attached hydrogens (tertiary/aromatic N) is 2. The molecule has 2 aromatic rings. The summed E-state index contributed by atoms with van der Waals surface area (Å²) in [4.78, 5) is 12.3. The highest BCUT2D eigenvalue weighted by Gasteiger charge is 2.28. The fourth-order valence-electron chi connectivity index (χ4n) is 3.29. The summed E-state index contributed by atoms with van der Waals surface area (Å²) in [7, 11) is 1.84. The molecule has 0 aliphatic carbocycles. The van der Waals surface area contributed by atoms with Crippen molar-refractivity contribution in [1.82, 2.24) is 20.4 Å². The summed E-state index contributed by atoms with van der Waals surface area (Å²) in [6.07, 6.45) is 5.39. The Kier molecular flexibility index (Phi) is 9.15. The van der Waals surface area contributed by atoms with Crippen molar-refractivity contribution in [3.05, 3.63) is 53.4 Å². The van der Waals surface area contributed by atoms with Crippen molar-refractivity contribution in [1.29, 1.82) is 0 Å². The molecule has 2 unspecified atom stereocenters. The number of aryl methyl sites for hydroxylation is 2. The molecule has 1 aliphatic rings. The minimum Gasteiger partial charge on any atom is -0.351 e. The van der Waals surface area contributed by atoms with Gasteiger partial charge >= 0.3 is 0 Å². The smallest absolute Gasteiger partial charge is 0.220 e. The minimum absolute atomic E-state index is 0. The van der Waals surface area contributed by atoms with Gasteiger partial charge in [0.25, 0.3) is 0 Å². The predicted octanol–water partition coefficient (Wildman–Crippen LogP) is 2.74. The maximum Gasteiger partial charge on any atom is 0.220 e. The number of piperidine rings is 1. The lowest BCUT2D eigenvalue weighted by atomic mass is 9.86. The molecule has 0 bridgehead atoms. The largest absolute Gasteiger partial charge is 0.351 e. The van der Waals surface area contributed by atoms with Crippen molar-refractivity contribution in [2.45, 2.75) is 31.2 Å². The predicted molar refractivity (Wildman–Crippen MR) is 105 cm³/mol. The van der Waals surface area contributed by atoms with E-state index < -0.39 is 11.6 Å². The van der Waals surface area contributed by atoms with Gasteiger partial charge in [0.2, 0.25) is 5.91 Å². The van der Waals surface area contributed by atoms with Crippen LogP contribution in [0.3, 0.4) is 0 Å². The van der Waals surface area contributed by atoms with Gasteiger partial charge in [0.15, 0.2) is 11.6 Å². The second kappa shape index (κ2) is 10.6. The van der Waals surface area contributed by atoms with E-state index in [0.29, 0.717) is 19.4 Å². The van der Waals surface area contributed by atoms with E-state index in [1.807, 2.05) is 13.2 Å². The lowest BCUT2D eigenvalue weighted by molar-refractivity contribution is -0.122. The monoisotopic (exact) mass is 420 g/mol. The number of benzene rings is 1. The van der Waals surface area contributed by atoms with Crippen molar-refractivity contribution in [3.63, 3.8) is 0 Å². The van der Waals surface area contributed by atoms with Gasteiger partial charge in [-0.25, -0.2) is 8.78 Å². The van der Waals surface area contributed by atoms with E-state index in [9.17, 15) is 13.6 Å². The lowest BCUT2D eigenvalue weighted by Gasteiger charge is -2.33. The molecular formula is C18H24Cl2F2N4O. The van der Waals surface area contributed by atoms with Crippen LogP contribution in [0.4, 0.5) is 8.78 Å². The van der Waals surface area contributed by atoms with Crippen LogP contribution in [0.2, 0.25) is 0 Å². The van der Waals surface area contributed by atoms with Crippen molar-refractivity contribution >= 4 is 30.7 Å². The van der Waals surface area contributed by atoms with Crippen LogP contribution >= 0.6 is 24.8 Å². The molecule has 1 fully saturated rings. The maximum atomic E-state index is 13.5. The average molecular weight is 421 g/mol. The molecule has 5 nitrogen and oxygen atoms in total. The summed E-state index contributed by atoms with van der Waals surface area (Å²) in [5, 5.41) is 10.4. The van der Waals surface area contributed by atoms with E-state index in [4.69, 9.17) is 0 Å². The van der Waals surface area contributed by atoms with Crippen molar-refractivity contribution in [3.8, 4) is 0 Å². The Balaban J connectivity index is 0.00000182. The fourth-order valence-corrected chi connectivity index (χ4v) is 3.29. The molecule has 150 valence electrons. The second-order valence-corrected chi connectivity index (χ2v) is 6.47. The molecule has 0 spiro atoms. The van der Waals surface area contributed by atoms with Crippen LogP contribution in [0.15, 0.2) is 30.6 Å². The molecular weight excluding hydrogens is 397 g/mol. The van der Waals surface area contributed by atoms with Crippen LogP contribution in [0.1, 0.15) is 29.9 Å². The zero-order valence-corrected chi connectivity index (χ0v) is 16.6. The molecule has 1 saturated heterocycles. The zero-order chi connectivity index (χ0) is 17.8. The molecule has 2 atom stereocenters. The number of hydrogen-bond donors (Lipinski definition) is 2. The van der Waals surface area contributed by atoms with Crippen molar-refractivity contribution in [2.24, 2.45) is 7.05 Å². The zero-order valence-electron chi connectivity index (χ0n) is 15.0. The molecule has 2 heterocycles. The van der Waals surface area contributed by atoms with Gasteiger partial charge in [0.05, 0.1) is 6.20 Å². The number of carbonyl (C=O) groups is 1. The maximum absolute atomic E-state index is 13.5. The van der Waals surface area contributed by atoms with Crippen LogP contribution in [0.5, 0.6) is 0 Å². The van der Waals surface area contributed by atoms with Gasteiger partial charge in [-0.15, -0.1) is 24.8 Å². The van der Waals surface area contributed by atoms with Crippen molar-refractivity contribution in [2.75, 3.05) is 13.1 Å². The van der Waals surface area contributed by atoms with Gasteiger partial charge < -0.3 is 10.6 Å². The third kappa shape index (κ3) is 6.16. The Morgan fingerprint density at radius 1 is 1.33 bits per heavy atom. The number of rotatable bonds is 5. The van der Waals surface area contributed by atoms with Gasteiger partial charge in [0.1, 0.15) is 0 Å². The lowest BCUT2D eigenvalue weighted by Crippen LogP contribution is -2.50. The van der Waals surface area contributed by atoms with Crippen LogP contribution in [-0.2, 0) is 18.3 Å². The highest BCUT2D eigenvalue weighted by Crippen LogP contribution is 2.27. The minimum atomic E-state index is -0.852. The number of nitrogens with one attached hydrogen (secondary N) is 2. The SMILES string of the molecule is Cl.Cl.Cn1cc(CCC(=O)NC2CNCCC2c2ccc(F)c(F)c2)cn1. The first kappa shape index (κ1) is 23.3. The Morgan fingerprint density at radius 2 is 2.11 bits per heavy atom. The molecule has 0 radical (unpaired) electrons. The van der Waals surface area contributed by atoms with Gasteiger partial charge in [0, 0.05) is 38.2 Å². The quantitative estimate of drug-likeness (QED) is 0.781. The Bertz CT molecular complexity index is 757. The summed E-state index contributed by atoms with van der Waals surface area (Å²) < 4.78 is 28.4. The highest BCUT2D eigenvalue weighted by atomic mass is 35.5. The first-order valence-electron chi connectivity index (χ1n) is 8.45. The van der Waals surface area contributed by atoms with E-state index >= 15 is 0 Å². The standard InChI is InChI=1S/C18H22F2N4O.2ClH/c1-24-11-12(9-22-24)2-5-18(25)23-17-10-21-7-6-14(17)13-3-4-15(19)16(20)8-13;;/h3-4,8-9,11,14,17,21H,2,5-7,10H2,1H3,(H,23,25);2*1H. The normalized spacial score (nSPS) is 18.9. The van der Waals surface area contributed by atoms with Gasteiger partial charge in [-0.2, -0.15) is 5.10 Å². The number of halogens is 4. The summed E-state index contributed by atoms with van der Waals surface area (Å²) >= 11 is 0. The van der Waals surface area contributed by atoms with Crippen LogP contribution in [0, 0.1) is 11.6 Å². The molecule has 1 aliphatic heterocycles. The number of hydrogen-bond acceptors (Lipinski definition) is 3. The van der Waals surface area contributed by atoms with E-state index in [-0.39, 0.29) is 42.7 Å². The van der Waals surface area contributed by atoms with Crippen LogP contribution < -0.4 is 10.6 Å². The van der Waals surface area contributed by atoms with E-state index in [2.05, 4.69) is 15.7 Å². The molecule has 2 N–H and O–H groups in total. The Hall–Kier alpha value is -1.70. The third-order valence-corrected chi connectivity index (χ3v) is 4.60. The average Bonchev–Trinajstić information content (AvgIpc) is 3.02. The van der Waals surface area contributed by atoms with Gasteiger partial charge in [-0.05, 0) is 42.6 Å². The Labute approximate surface area is 169 Å². The summed E-state index contributed by atoms with van der Waals surface area (Å²) in [5.74, 6) is -1.78. The first-order chi connectivity index (χ1) is 12.0. The summed E-state index contributed by atoms with van der Waals surface area (Å²) in [6, 6.07) is 3.84. The molecule has 3 rings (SSSR count). The highest BCUT2D eigenvalue weighted by molar-refractivity contribution is 5.85. The third-order valence-electron chi connectivity index (χ3n) is 4.60. The number of carbonyl (C=O) groups excluding carboxylic acids is 1. The number of aromatic nitrogens is 2. The molecule has 0 saturated carbocycles. The molecule has 27 heavy (non-hydrogen) atoms. The summed E-state index contributed by atoms with van der Waals surface area (Å²) in [6.45, 7) is 1.40. The van der Waals surface area contributed by atoms with Crippen LogP contribution in [0.25, 0.3) is 0 Å². The van der Waals surface area contributed by atoms with Crippen LogP contribution in [-0.4, -0.2) is 34.8 Å². The van der Waals surface area contributed by atoms with Crippen molar-refractivity contribution < 1.29 is 13.6 Å². The van der Waals surface area contributed by atoms with Gasteiger partial charge in [-0.1, -0.05) is 6.07 Å². The van der Waals surface area contributed by atoms with E-state index in [1.54, 1.807) is 16.9 Å². The first-order valence-corrected chi connectivity index (χ1v) is 8.45. The molecule has 1 aromatic carbocycles. The molecule has 9 heteroatoms. The topological polar surface area (TPSA) is 59.0 Å².